The minimum atomic E-state index is 0. The monoisotopic (exact) mass is 384 g/mol. The largest absolute Gasteiger partial charge is 1.00 e. The first-order chi connectivity index (χ1) is 13.5. The van der Waals surface area contributed by atoms with Gasteiger partial charge in [0, 0.05) is 16.7 Å². The zero-order chi connectivity index (χ0) is 20.1. The van der Waals surface area contributed by atoms with Crippen LogP contribution in [0.15, 0.2) is 30.3 Å². The van der Waals surface area contributed by atoms with E-state index in [1.165, 1.54) is 53.6 Å². The van der Waals surface area contributed by atoms with Crippen LogP contribution in [-0.4, -0.2) is 6.21 Å². The SMILES string of the molecule is CCc1cc(CC)c([NH+]=Cc2cc(C3CCC(C)CC3)ccc2[O-])c(CC)c1.[Li+]. The van der Waals surface area contributed by atoms with Gasteiger partial charge in [-0.25, -0.2) is 4.99 Å². The van der Waals surface area contributed by atoms with Crippen LogP contribution >= 0.6 is 0 Å². The van der Waals surface area contributed by atoms with E-state index in [0.29, 0.717) is 5.92 Å². The molecule has 3 rings (SSSR count). The van der Waals surface area contributed by atoms with Gasteiger partial charge in [0.15, 0.2) is 6.21 Å². The van der Waals surface area contributed by atoms with Crippen molar-refractivity contribution in [1.82, 2.24) is 0 Å². The molecule has 0 aromatic heterocycles. The molecule has 0 bridgehead atoms. The van der Waals surface area contributed by atoms with Gasteiger partial charge in [-0.2, -0.15) is 0 Å². The van der Waals surface area contributed by atoms with Crippen molar-refractivity contribution in [3.63, 3.8) is 0 Å². The maximum Gasteiger partial charge on any atom is 1.00 e. The molecule has 0 saturated heterocycles. The average molecular weight is 385 g/mol. The summed E-state index contributed by atoms with van der Waals surface area (Å²) in [6, 6.07) is 10.5. The van der Waals surface area contributed by atoms with Gasteiger partial charge in [-0.1, -0.05) is 58.4 Å². The van der Waals surface area contributed by atoms with Gasteiger partial charge >= 0.3 is 18.9 Å². The molecule has 0 amide bonds. The van der Waals surface area contributed by atoms with Crippen molar-refractivity contribution >= 4 is 11.9 Å². The molecule has 1 aliphatic rings. The van der Waals surface area contributed by atoms with Crippen LogP contribution in [0.5, 0.6) is 5.75 Å². The van der Waals surface area contributed by atoms with Gasteiger partial charge < -0.3 is 5.11 Å². The summed E-state index contributed by atoms with van der Waals surface area (Å²) in [5.41, 5.74) is 7.33. The molecule has 0 unspecified atom stereocenters. The molecule has 1 saturated carbocycles. The first-order valence-corrected chi connectivity index (χ1v) is 11.1. The molecule has 150 valence electrons. The van der Waals surface area contributed by atoms with E-state index in [0.717, 1.165) is 30.7 Å². The Bertz CT molecular complexity index is 810. The van der Waals surface area contributed by atoms with Crippen LogP contribution in [0.25, 0.3) is 0 Å². The zero-order valence-electron chi connectivity index (χ0n) is 19.0. The van der Waals surface area contributed by atoms with Gasteiger partial charge in [-0.3, -0.25) is 0 Å². The molecule has 1 N–H and O–H groups in total. The van der Waals surface area contributed by atoms with E-state index in [1.807, 2.05) is 12.3 Å². The second kappa shape index (κ2) is 11.0. The number of aryl methyl sites for hydroxylation is 3. The van der Waals surface area contributed by atoms with E-state index < -0.39 is 0 Å². The van der Waals surface area contributed by atoms with Crippen molar-refractivity contribution in [2.24, 2.45) is 5.92 Å². The van der Waals surface area contributed by atoms with Crippen molar-refractivity contribution in [3.8, 4) is 5.75 Å². The molecule has 2 aromatic rings. The summed E-state index contributed by atoms with van der Waals surface area (Å²) in [6.45, 7) is 8.95. The average Bonchev–Trinajstić information content (AvgIpc) is 2.73. The second-order valence-electron chi connectivity index (χ2n) is 8.39. The maximum atomic E-state index is 12.5. The summed E-state index contributed by atoms with van der Waals surface area (Å²) in [6.07, 6.45) is 10.0. The van der Waals surface area contributed by atoms with Crippen LogP contribution in [-0.2, 0) is 19.3 Å². The normalized spacial score (nSPS) is 19.3. The second-order valence-corrected chi connectivity index (χ2v) is 8.39. The van der Waals surface area contributed by atoms with E-state index in [4.69, 9.17) is 0 Å². The quantitative estimate of drug-likeness (QED) is 0.596. The Hall–Kier alpha value is -1.49. The molecule has 0 spiro atoms. The van der Waals surface area contributed by atoms with Gasteiger partial charge in [-0.15, -0.1) is 0 Å². The summed E-state index contributed by atoms with van der Waals surface area (Å²) in [7, 11) is 0. The molecule has 0 aliphatic heterocycles. The van der Waals surface area contributed by atoms with Crippen LogP contribution < -0.4 is 29.0 Å². The third-order valence-electron chi connectivity index (χ3n) is 6.42. The van der Waals surface area contributed by atoms with Crippen LogP contribution in [0.3, 0.4) is 0 Å². The van der Waals surface area contributed by atoms with E-state index in [9.17, 15) is 5.11 Å². The molecule has 29 heavy (non-hydrogen) atoms. The van der Waals surface area contributed by atoms with Crippen molar-refractivity contribution in [3.05, 3.63) is 58.1 Å². The van der Waals surface area contributed by atoms with E-state index in [2.05, 4.69) is 50.9 Å². The van der Waals surface area contributed by atoms with E-state index in [1.54, 1.807) is 6.07 Å². The van der Waals surface area contributed by atoms with Crippen LogP contribution in [0.4, 0.5) is 5.69 Å². The Morgan fingerprint density at radius 2 is 1.55 bits per heavy atom. The maximum absolute atomic E-state index is 12.5. The zero-order valence-corrected chi connectivity index (χ0v) is 19.0. The molecule has 2 nitrogen and oxygen atoms in total. The smallest absolute Gasteiger partial charge is 0.872 e. The molecule has 2 aromatic carbocycles. The molecule has 0 heterocycles. The number of benzene rings is 2. The van der Waals surface area contributed by atoms with Crippen LogP contribution in [0, 0.1) is 5.92 Å². The molecule has 0 radical (unpaired) electrons. The molecule has 1 fully saturated rings. The predicted octanol–water partition coefficient (Wildman–Crippen LogP) is 1.58. The van der Waals surface area contributed by atoms with Gasteiger partial charge in [0.25, 0.3) is 0 Å². The summed E-state index contributed by atoms with van der Waals surface area (Å²) < 4.78 is 0. The molecule has 0 atom stereocenters. The van der Waals surface area contributed by atoms with E-state index in [-0.39, 0.29) is 24.6 Å². The number of nitrogens with one attached hydrogen (secondary N) is 1. The fourth-order valence-electron chi connectivity index (χ4n) is 4.46. The van der Waals surface area contributed by atoms with E-state index >= 15 is 0 Å². The molecular formula is C26H35LiNO+. The van der Waals surface area contributed by atoms with Gasteiger partial charge in [0.1, 0.15) is 0 Å². The van der Waals surface area contributed by atoms with Crippen molar-refractivity contribution in [2.45, 2.75) is 78.6 Å². The van der Waals surface area contributed by atoms with Gasteiger partial charge in [0.2, 0.25) is 5.69 Å². The molecule has 1 aliphatic carbocycles. The third kappa shape index (κ3) is 5.77. The Kier molecular flexibility index (Phi) is 9.06. The first kappa shape index (κ1) is 23.8. The number of hydrogen-bond donors (Lipinski definition) is 1. The summed E-state index contributed by atoms with van der Waals surface area (Å²) >= 11 is 0. The first-order valence-electron chi connectivity index (χ1n) is 11.1. The van der Waals surface area contributed by atoms with Crippen molar-refractivity contribution in [2.75, 3.05) is 0 Å². The fraction of sp³-hybridized carbons (Fsp3) is 0.500. The molecular weight excluding hydrogens is 349 g/mol. The number of hydrogen-bond acceptors (Lipinski definition) is 1. The standard InChI is InChI=1S/C26H35NO.Li/c1-5-19-14-20(6-2)26(21(7-3)15-19)27-17-24-16-23(12-13-25(24)28)22-10-8-18(4)9-11-22;/h12-18,22,28H,5-11H2,1-4H3;/q;+1. The minimum absolute atomic E-state index is 0. The Morgan fingerprint density at radius 3 is 2.10 bits per heavy atom. The fourth-order valence-corrected chi connectivity index (χ4v) is 4.46. The Morgan fingerprint density at radius 1 is 0.931 bits per heavy atom. The molecule has 3 heteroatoms. The Balaban J connectivity index is 0.00000300. The summed E-state index contributed by atoms with van der Waals surface area (Å²) in [5, 5.41) is 12.5. The van der Waals surface area contributed by atoms with Crippen molar-refractivity contribution in [1.29, 1.82) is 0 Å². The number of rotatable bonds is 6. The van der Waals surface area contributed by atoms with Crippen LogP contribution in [0.2, 0.25) is 0 Å². The topological polar surface area (TPSA) is 37.0 Å². The van der Waals surface area contributed by atoms with Crippen molar-refractivity contribution < 1.29 is 29.0 Å². The predicted molar refractivity (Wildman–Crippen MR) is 117 cm³/mol. The Labute approximate surface area is 189 Å². The summed E-state index contributed by atoms with van der Waals surface area (Å²) in [5.74, 6) is 1.54. The van der Waals surface area contributed by atoms with Gasteiger partial charge in [0.05, 0.1) is 0 Å². The van der Waals surface area contributed by atoms with Gasteiger partial charge in [-0.05, 0) is 73.3 Å². The van der Waals surface area contributed by atoms with Crippen LogP contribution in [0.1, 0.15) is 87.1 Å². The summed E-state index contributed by atoms with van der Waals surface area (Å²) in [4.78, 5) is 3.50. The minimum Gasteiger partial charge on any atom is -0.872 e. The third-order valence-corrected chi connectivity index (χ3v) is 6.42.